The molecule has 2 N–H and O–H groups in total. The minimum atomic E-state index is 0.230. The molecule has 1 aromatic carbocycles. The lowest BCUT2D eigenvalue weighted by molar-refractivity contribution is 0.265. The first-order valence-electron chi connectivity index (χ1n) is 6.52. The van der Waals surface area contributed by atoms with E-state index < -0.39 is 0 Å². The molecule has 0 saturated carbocycles. The van der Waals surface area contributed by atoms with Crippen LogP contribution in [0.3, 0.4) is 0 Å². The number of rotatable bonds is 6. The Morgan fingerprint density at radius 3 is 2.24 bits per heavy atom. The molecule has 0 amide bonds. The Balaban J connectivity index is 3.00. The van der Waals surface area contributed by atoms with Crippen LogP contribution in [0, 0.1) is 20.8 Å². The summed E-state index contributed by atoms with van der Waals surface area (Å²) in [6.45, 7) is 9.84. The van der Waals surface area contributed by atoms with Crippen LogP contribution in [-0.4, -0.2) is 18.3 Å². The summed E-state index contributed by atoms with van der Waals surface area (Å²) >= 11 is 0. The molecule has 0 saturated heterocycles. The number of hydrogen-bond acceptors (Lipinski definition) is 2. The number of aliphatic hydroxyl groups excluding tert-OH is 1. The van der Waals surface area contributed by atoms with Crippen LogP contribution in [0.25, 0.3) is 0 Å². The molecule has 2 nitrogen and oxygen atoms in total. The summed E-state index contributed by atoms with van der Waals surface area (Å²) in [5, 5.41) is 12.7. The SMILES string of the molecule is CCCNC(CCO)c1c(C)cc(C)cc1C. The second-order valence-corrected chi connectivity index (χ2v) is 4.83. The zero-order valence-corrected chi connectivity index (χ0v) is 11.5. The molecular weight excluding hydrogens is 210 g/mol. The molecule has 0 aliphatic carbocycles. The zero-order chi connectivity index (χ0) is 12.8. The van der Waals surface area contributed by atoms with Gasteiger partial charge >= 0.3 is 0 Å². The van der Waals surface area contributed by atoms with E-state index in [4.69, 9.17) is 0 Å². The number of hydrogen-bond donors (Lipinski definition) is 2. The Labute approximate surface area is 105 Å². The van der Waals surface area contributed by atoms with Gasteiger partial charge in [-0.15, -0.1) is 0 Å². The molecule has 0 radical (unpaired) electrons. The van der Waals surface area contributed by atoms with Crippen molar-refractivity contribution in [3.8, 4) is 0 Å². The van der Waals surface area contributed by atoms with Crippen LogP contribution >= 0.6 is 0 Å². The van der Waals surface area contributed by atoms with Gasteiger partial charge in [0.1, 0.15) is 0 Å². The van der Waals surface area contributed by atoms with Crippen LogP contribution in [-0.2, 0) is 0 Å². The lowest BCUT2D eigenvalue weighted by Gasteiger charge is -2.22. The fourth-order valence-corrected chi connectivity index (χ4v) is 2.54. The monoisotopic (exact) mass is 235 g/mol. The molecule has 0 heterocycles. The van der Waals surface area contributed by atoms with Crippen molar-refractivity contribution in [3.05, 3.63) is 34.4 Å². The lowest BCUT2D eigenvalue weighted by atomic mass is 9.92. The quantitative estimate of drug-likeness (QED) is 0.794. The molecular formula is C15H25NO. The Hall–Kier alpha value is -0.860. The van der Waals surface area contributed by atoms with E-state index in [0.717, 1.165) is 19.4 Å². The van der Waals surface area contributed by atoms with Crippen molar-refractivity contribution in [1.82, 2.24) is 5.32 Å². The van der Waals surface area contributed by atoms with Gasteiger partial charge < -0.3 is 10.4 Å². The van der Waals surface area contributed by atoms with Crippen molar-refractivity contribution in [1.29, 1.82) is 0 Å². The van der Waals surface area contributed by atoms with E-state index in [2.05, 4.69) is 45.1 Å². The second-order valence-electron chi connectivity index (χ2n) is 4.83. The summed E-state index contributed by atoms with van der Waals surface area (Å²) in [6, 6.07) is 4.72. The molecule has 1 rings (SSSR count). The van der Waals surface area contributed by atoms with Gasteiger partial charge in [0.2, 0.25) is 0 Å². The average Bonchev–Trinajstić information content (AvgIpc) is 2.24. The molecule has 0 spiro atoms. The third-order valence-corrected chi connectivity index (χ3v) is 3.15. The fourth-order valence-electron chi connectivity index (χ4n) is 2.54. The van der Waals surface area contributed by atoms with Crippen LogP contribution in [0.15, 0.2) is 12.1 Å². The van der Waals surface area contributed by atoms with Crippen molar-refractivity contribution in [2.75, 3.05) is 13.2 Å². The Morgan fingerprint density at radius 2 is 1.76 bits per heavy atom. The van der Waals surface area contributed by atoms with Gasteiger partial charge in [-0.3, -0.25) is 0 Å². The highest BCUT2D eigenvalue weighted by Gasteiger charge is 2.15. The maximum atomic E-state index is 9.19. The molecule has 0 bridgehead atoms. The normalized spacial score (nSPS) is 12.8. The molecule has 0 fully saturated rings. The van der Waals surface area contributed by atoms with Gasteiger partial charge in [-0.2, -0.15) is 0 Å². The summed E-state index contributed by atoms with van der Waals surface area (Å²) in [5.41, 5.74) is 5.31. The minimum Gasteiger partial charge on any atom is -0.396 e. The minimum absolute atomic E-state index is 0.230. The first kappa shape index (κ1) is 14.2. The predicted octanol–water partition coefficient (Wildman–Crippen LogP) is 3.03. The van der Waals surface area contributed by atoms with Crippen LogP contribution in [0.2, 0.25) is 0 Å². The van der Waals surface area contributed by atoms with E-state index in [1.165, 1.54) is 22.3 Å². The highest BCUT2D eigenvalue weighted by molar-refractivity contribution is 5.39. The first-order chi connectivity index (χ1) is 8.10. The highest BCUT2D eigenvalue weighted by atomic mass is 16.3. The van der Waals surface area contributed by atoms with Gasteiger partial charge in [-0.1, -0.05) is 24.6 Å². The summed E-state index contributed by atoms with van der Waals surface area (Å²) in [6.07, 6.45) is 1.90. The van der Waals surface area contributed by atoms with E-state index in [1.54, 1.807) is 0 Å². The Morgan fingerprint density at radius 1 is 1.18 bits per heavy atom. The van der Waals surface area contributed by atoms with Gasteiger partial charge in [0.15, 0.2) is 0 Å². The standard InChI is InChI=1S/C15H25NO/c1-5-7-16-14(6-8-17)15-12(3)9-11(2)10-13(15)4/h9-10,14,16-17H,5-8H2,1-4H3. The molecule has 17 heavy (non-hydrogen) atoms. The lowest BCUT2D eigenvalue weighted by Crippen LogP contribution is -2.24. The number of benzene rings is 1. The molecule has 1 aromatic rings. The Kier molecular flexibility index (Phi) is 5.66. The van der Waals surface area contributed by atoms with Crippen molar-refractivity contribution < 1.29 is 5.11 Å². The van der Waals surface area contributed by atoms with E-state index in [-0.39, 0.29) is 12.6 Å². The molecule has 1 unspecified atom stereocenters. The molecule has 1 atom stereocenters. The molecule has 0 aromatic heterocycles. The predicted molar refractivity (Wildman–Crippen MR) is 73.4 cm³/mol. The molecule has 0 aliphatic rings. The van der Waals surface area contributed by atoms with E-state index >= 15 is 0 Å². The first-order valence-corrected chi connectivity index (χ1v) is 6.52. The van der Waals surface area contributed by atoms with Gasteiger partial charge in [0.05, 0.1) is 0 Å². The molecule has 0 aliphatic heterocycles. The number of aryl methyl sites for hydroxylation is 3. The van der Waals surface area contributed by atoms with Gasteiger partial charge in [-0.05, 0) is 56.8 Å². The van der Waals surface area contributed by atoms with Crippen molar-refractivity contribution in [2.24, 2.45) is 0 Å². The third kappa shape index (κ3) is 3.83. The van der Waals surface area contributed by atoms with Crippen LogP contribution in [0.5, 0.6) is 0 Å². The summed E-state index contributed by atoms with van der Waals surface area (Å²) in [4.78, 5) is 0. The number of aliphatic hydroxyl groups is 1. The Bertz CT molecular complexity index is 337. The van der Waals surface area contributed by atoms with E-state index in [0.29, 0.717) is 0 Å². The van der Waals surface area contributed by atoms with Crippen LogP contribution in [0.4, 0.5) is 0 Å². The smallest absolute Gasteiger partial charge is 0.0449 e. The van der Waals surface area contributed by atoms with Crippen LogP contribution < -0.4 is 5.32 Å². The van der Waals surface area contributed by atoms with Crippen molar-refractivity contribution in [3.63, 3.8) is 0 Å². The maximum Gasteiger partial charge on any atom is 0.0449 e. The largest absolute Gasteiger partial charge is 0.396 e. The summed E-state index contributed by atoms with van der Waals surface area (Å²) in [7, 11) is 0. The summed E-state index contributed by atoms with van der Waals surface area (Å²) in [5.74, 6) is 0. The third-order valence-electron chi connectivity index (χ3n) is 3.15. The topological polar surface area (TPSA) is 32.3 Å². The fraction of sp³-hybridized carbons (Fsp3) is 0.600. The summed E-state index contributed by atoms with van der Waals surface area (Å²) < 4.78 is 0. The van der Waals surface area contributed by atoms with Gasteiger partial charge in [0.25, 0.3) is 0 Å². The van der Waals surface area contributed by atoms with E-state index in [9.17, 15) is 5.11 Å². The van der Waals surface area contributed by atoms with Crippen molar-refractivity contribution in [2.45, 2.75) is 46.6 Å². The van der Waals surface area contributed by atoms with Crippen LogP contribution in [0.1, 0.15) is 48.1 Å². The molecule has 96 valence electrons. The van der Waals surface area contributed by atoms with Gasteiger partial charge in [0, 0.05) is 12.6 Å². The highest BCUT2D eigenvalue weighted by Crippen LogP contribution is 2.25. The maximum absolute atomic E-state index is 9.19. The average molecular weight is 235 g/mol. The molecule has 2 heteroatoms. The second kappa shape index (κ2) is 6.77. The van der Waals surface area contributed by atoms with Crippen molar-refractivity contribution >= 4 is 0 Å². The number of nitrogens with one attached hydrogen (secondary N) is 1. The van der Waals surface area contributed by atoms with Gasteiger partial charge in [-0.25, -0.2) is 0 Å². The zero-order valence-electron chi connectivity index (χ0n) is 11.5. The van der Waals surface area contributed by atoms with E-state index in [1.807, 2.05) is 0 Å².